The normalized spacial score (nSPS) is 15.5. The van der Waals surface area contributed by atoms with Gasteiger partial charge in [0.25, 0.3) is 0 Å². The first kappa shape index (κ1) is 20.5. The van der Waals surface area contributed by atoms with Gasteiger partial charge in [-0.2, -0.15) is 0 Å². The molecule has 0 bridgehead atoms. The first-order valence-electron chi connectivity index (χ1n) is 11.5. The van der Waals surface area contributed by atoms with Crippen LogP contribution in [0.4, 0.5) is 10.1 Å². The maximum atomic E-state index is 13.2. The minimum Gasteiger partial charge on any atom is -0.457 e. The molecule has 5 nitrogen and oxygen atoms in total. The molecule has 1 atom stereocenters. The highest BCUT2D eigenvalue weighted by Gasteiger charge is 2.23. The van der Waals surface area contributed by atoms with Crippen LogP contribution in [0, 0.1) is 5.82 Å². The molecule has 0 radical (unpaired) electrons. The lowest BCUT2D eigenvalue weighted by Gasteiger charge is -2.12. The van der Waals surface area contributed by atoms with Crippen LogP contribution in [-0.4, -0.2) is 16.5 Å². The molecule has 34 heavy (non-hydrogen) atoms. The average Bonchev–Trinajstić information content (AvgIpc) is 3.46. The topological polar surface area (TPSA) is 63.1 Å². The Hall–Kier alpha value is -4.06. The second-order valence-electron chi connectivity index (χ2n) is 8.73. The fourth-order valence-electron chi connectivity index (χ4n) is 4.66. The van der Waals surface area contributed by atoms with E-state index in [4.69, 9.17) is 9.15 Å². The van der Waals surface area contributed by atoms with Crippen molar-refractivity contribution in [1.82, 2.24) is 9.97 Å². The number of benzene rings is 3. The zero-order valence-corrected chi connectivity index (χ0v) is 18.8. The molecular weight excluding hydrogens is 429 g/mol. The quantitative estimate of drug-likeness (QED) is 0.292. The summed E-state index contributed by atoms with van der Waals surface area (Å²) in [6.45, 7) is 3.25. The van der Waals surface area contributed by atoms with Gasteiger partial charge in [-0.15, -0.1) is 0 Å². The standard InChI is InChI=1S/C28H24FN3O2/c1-17-3-2-12-30-24-16-25-23(15-22(17)24)26(28-31-13-14-32-28)27(34-25)18-4-8-20(9-5-18)33-21-10-6-19(29)7-11-21/h4-11,13-17,30H,2-3,12H2,1H3,(H,31,32). The van der Waals surface area contributed by atoms with E-state index in [1.165, 1.54) is 17.7 Å². The van der Waals surface area contributed by atoms with Crippen molar-refractivity contribution in [2.24, 2.45) is 0 Å². The maximum absolute atomic E-state index is 13.2. The minimum atomic E-state index is -0.292. The number of halogens is 1. The summed E-state index contributed by atoms with van der Waals surface area (Å²) in [5.41, 5.74) is 5.16. The second-order valence-corrected chi connectivity index (χ2v) is 8.73. The predicted octanol–water partition coefficient (Wildman–Crippen LogP) is 7.73. The molecule has 0 amide bonds. The molecule has 6 rings (SSSR count). The van der Waals surface area contributed by atoms with E-state index in [0.29, 0.717) is 17.4 Å². The molecule has 1 aliphatic heterocycles. The number of H-pyrrole nitrogens is 1. The number of furan rings is 1. The number of aromatic amines is 1. The highest BCUT2D eigenvalue weighted by Crippen LogP contribution is 2.44. The van der Waals surface area contributed by atoms with Crippen LogP contribution in [0.15, 0.2) is 77.5 Å². The Balaban J connectivity index is 1.43. The maximum Gasteiger partial charge on any atom is 0.146 e. The number of hydrogen-bond acceptors (Lipinski definition) is 4. The average molecular weight is 454 g/mol. The molecule has 0 saturated carbocycles. The van der Waals surface area contributed by atoms with Gasteiger partial charge in [0.2, 0.25) is 0 Å². The van der Waals surface area contributed by atoms with Gasteiger partial charge in [0, 0.05) is 41.6 Å². The number of nitrogens with one attached hydrogen (secondary N) is 2. The van der Waals surface area contributed by atoms with E-state index < -0.39 is 0 Å². The number of imidazole rings is 1. The number of rotatable bonds is 4. The molecule has 0 aliphatic carbocycles. The third kappa shape index (κ3) is 3.71. The molecule has 6 heteroatoms. The van der Waals surface area contributed by atoms with Crippen LogP contribution in [0.25, 0.3) is 33.7 Å². The lowest BCUT2D eigenvalue weighted by Crippen LogP contribution is -1.99. The fraction of sp³-hybridized carbons (Fsp3) is 0.179. The summed E-state index contributed by atoms with van der Waals surface area (Å²) < 4.78 is 25.5. The molecule has 2 aromatic heterocycles. The van der Waals surface area contributed by atoms with Crippen LogP contribution < -0.4 is 10.1 Å². The van der Waals surface area contributed by atoms with E-state index in [0.717, 1.165) is 58.8 Å². The number of hydrogen-bond donors (Lipinski definition) is 2. The third-order valence-corrected chi connectivity index (χ3v) is 6.42. The van der Waals surface area contributed by atoms with Crippen molar-refractivity contribution >= 4 is 16.7 Å². The molecule has 170 valence electrons. The lowest BCUT2D eigenvalue weighted by atomic mass is 9.93. The molecule has 2 N–H and O–H groups in total. The Kier molecular flexibility index (Phi) is 5.06. The predicted molar refractivity (Wildman–Crippen MR) is 132 cm³/mol. The summed E-state index contributed by atoms with van der Waals surface area (Å²) in [4.78, 5) is 7.79. The highest BCUT2D eigenvalue weighted by atomic mass is 19.1. The van der Waals surface area contributed by atoms with Crippen LogP contribution in [-0.2, 0) is 0 Å². The number of aromatic nitrogens is 2. The van der Waals surface area contributed by atoms with Gasteiger partial charge in [0.05, 0.1) is 5.56 Å². The fourth-order valence-corrected chi connectivity index (χ4v) is 4.66. The van der Waals surface area contributed by atoms with Crippen LogP contribution in [0.5, 0.6) is 11.5 Å². The SMILES string of the molecule is CC1CCCNc2cc3oc(-c4ccc(Oc5ccc(F)cc5)cc4)c(-c4ncc[nH]4)c3cc21. The van der Waals surface area contributed by atoms with Gasteiger partial charge in [0.15, 0.2) is 0 Å². The number of ether oxygens (including phenoxy) is 1. The largest absolute Gasteiger partial charge is 0.457 e. The van der Waals surface area contributed by atoms with Crippen LogP contribution in [0.2, 0.25) is 0 Å². The molecule has 1 aliphatic rings. The van der Waals surface area contributed by atoms with E-state index >= 15 is 0 Å². The molecule has 0 fully saturated rings. The van der Waals surface area contributed by atoms with Gasteiger partial charge >= 0.3 is 0 Å². The van der Waals surface area contributed by atoms with Gasteiger partial charge in [-0.25, -0.2) is 9.37 Å². The van der Waals surface area contributed by atoms with Gasteiger partial charge < -0.3 is 19.5 Å². The first-order valence-corrected chi connectivity index (χ1v) is 11.5. The molecular formula is C28H24FN3O2. The molecule has 3 heterocycles. The zero-order valence-electron chi connectivity index (χ0n) is 18.8. The Bertz CT molecular complexity index is 1440. The molecule has 0 saturated heterocycles. The Morgan fingerprint density at radius 1 is 1.03 bits per heavy atom. The summed E-state index contributed by atoms with van der Waals surface area (Å²) in [5, 5.41) is 4.61. The van der Waals surface area contributed by atoms with Crippen molar-refractivity contribution in [1.29, 1.82) is 0 Å². The van der Waals surface area contributed by atoms with Crippen LogP contribution in [0.1, 0.15) is 31.2 Å². The monoisotopic (exact) mass is 453 g/mol. The molecule has 5 aromatic rings. The Morgan fingerprint density at radius 2 is 1.79 bits per heavy atom. The van der Waals surface area contributed by atoms with Gasteiger partial charge in [0.1, 0.15) is 34.5 Å². The zero-order chi connectivity index (χ0) is 23.1. The second kappa shape index (κ2) is 8.37. The highest BCUT2D eigenvalue weighted by molar-refractivity contribution is 6.02. The van der Waals surface area contributed by atoms with Crippen molar-refractivity contribution in [3.05, 3.63) is 84.4 Å². The van der Waals surface area contributed by atoms with Gasteiger partial charge in [-0.3, -0.25) is 0 Å². The van der Waals surface area contributed by atoms with Crippen molar-refractivity contribution in [3.8, 4) is 34.2 Å². The lowest BCUT2D eigenvalue weighted by molar-refractivity contribution is 0.480. The van der Waals surface area contributed by atoms with E-state index in [9.17, 15) is 4.39 Å². The smallest absolute Gasteiger partial charge is 0.146 e. The Labute approximate surface area is 196 Å². The molecule has 1 unspecified atom stereocenters. The summed E-state index contributed by atoms with van der Waals surface area (Å²) >= 11 is 0. The van der Waals surface area contributed by atoms with Crippen molar-refractivity contribution < 1.29 is 13.5 Å². The van der Waals surface area contributed by atoms with E-state index in [-0.39, 0.29) is 5.82 Å². The van der Waals surface area contributed by atoms with E-state index in [1.807, 2.05) is 30.5 Å². The molecule has 3 aromatic carbocycles. The number of nitrogens with zero attached hydrogens (tertiary/aromatic N) is 1. The van der Waals surface area contributed by atoms with Crippen LogP contribution in [0.3, 0.4) is 0 Å². The minimum absolute atomic E-state index is 0.292. The van der Waals surface area contributed by atoms with Crippen molar-refractivity contribution in [2.45, 2.75) is 25.7 Å². The van der Waals surface area contributed by atoms with Gasteiger partial charge in [-0.1, -0.05) is 6.92 Å². The van der Waals surface area contributed by atoms with Crippen molar-refractivity contribution in [2.75, 3.05) is 11.9 Å². The Morgan fingerprint density at radius 3 is 2.53 bits per heavy atom. The molecule has 0 spiro atoms. The van der Waals surface area contributed by atoms with Crippen LogP contribution >= 0.6 is 0 Å². The number of fused-ring (bicyclic) bond motifs is 2. The third-order valence-electron chi connectivity index (χ3n) is 6.42. The first-order chi connectivity index (χ1) is 16.7. The summed E-state index contributed by atoms with van der Waals surface area (Å²) in [6, 6.07) is 18.1. The van der Waals surface area contributed by atoms with Crippen molar-refractivity contribution in [3.63, 3.8) is 0 Å². The van der Waals surface area contributed by atoms with Gasteiger partial charge in [-0.05, 0) is 78.9 Å². The van der Waals surface area contributed by atoms with E-state index in [1.54, 1.807) is 18.3 Å². The summed E-state index contributed by atoms with van der Waals surface area (Å²) in [7, 11) is 0. The number of anilines is 1. The summed E-state index contributed by atoms with van der Waals surface area (Å²) in [6.07, 6.45) is 5.89. The summed E-state index contributed by atoms with van der Waals surface area (Å²) in [5.74, 6) is 2.95. The van der Waals surface area contributed by atoms with E-state index in [2.05, 4.69) is 34.3 Å².